The van der Waals surface area contributed by atoms with Crippen LogP contribution in [0.5, 0.6) is 0 Å². The second-order valence-corrected chi connectivity index (χ2v) is 5.93. The zero-order chi connectivity index (χ0) is 12.8. The molecule has 0 unspecified atom stereocenters. The third-order valence-corrected chi connectivity index (χ3v) is 3.97. The number of thioether (sulfide) groups is 1. The molecule has 94 valence electrons. The lowest BCUT2D eigenvalue weighted by atomic mass is 10.1. The van der Waals surface area contributed by atoms with Crippen LogP contribution in [0.2, 0.25) is 0 Å². The molecule has 1 N–H and O–H groups in total. The van der Waals surface area contributed by atoms with Crippen LogP contribution >= 0.6 is 27.7 Å². The van der Waals surface area contributed by atoms with Gasteiger partial charge in [-0.2, -0.15) is 11.8 Å². The van der Waals surface area contributed by atoms with E-state index in [2.05, 4.69) is 34.9 Å². The van der Waals surface area contributed by atoms with E-state index in [9.17, 15) is 4.79 Å². The number of rotatable bonds is 6. The number of carboxylic acid groups (broad SMARTS) is 1. The Morgan fingerprint density at radius 3 is 2.71 bits per heavy atom. The summed E-state index contributed by atoms with van der Waals surface area (Å²) in [6.45, 7) is 1.05. The number of hydrogen-bond acceptors (Lipinski definition) is 3. The van der Waals surface area contributed by atoms with E-state index in [0.29, 0.717) is 5.56 Å². The molecule has 0 radical (unpaired) electrons. The SMILES string of the molecule is CN(C)CCSCc1ccc(C(=O)O)cc1Br. The Balaban J connectivity index is 2.52. The van der Waals surface area contributed by atoms with E-state index in [0.717, 1.165) is 28.1 Å². The van der Waals surface area contributed by atoms with Crippen molar-refractivity contribution in [3.05, 3.63) is 33.8 Å². The van der Waals surface area contributed by atoms with E-state index in [1.807, 2.05) is 17.8 Å². The van der Waals surface area contributed by atoms with E-state index in [1.165, 1.54) is 0 Å². The van der Waals surface area contributed by atoms with Crippen LogP contribution in [0.15, 0.2) is 22.7 Å². The van der Waals surface area contributed by atoms with Gasteiger partial charge in [0.1, 0.15) is 0 Å². The van der Waals surface area contributed by atoms with Crippen molar-refractivity contribution in [1.82, 2.24) is 4.90 Å². The predicted octanol–water partition coefficient (Wildman–Crippen LogP) is 2.94. The molecule has 1 aromatic carbocycles. The van der Waals surface area contributed by atoms with Crippen LogP contribution < -0.4 is 0 Å². The molecule has 0 aromatic heterocycles. The number of aromatic carboxylic acids is 1. The first kappa shape index (κ1) is 14.5. The summed E-state index contributed by atoms with van der Waals surface area (Å²) in [5.41, 5.74) is 1.46. The van der Waals surface area contributed by atoms with Gasteiger partial charge in [-0.3, -0.25) is 0 Å². The van der Waals surface area contributed by atoms with E-state index in [-0.39, 0.29) is 0 Å². The predicted molar refractivity (Wildman–Crippen MR) is 75.8 cm³/mol. The van der Waals surface area contributed by atoms with Gasteiger partial charge in [0.25, 0.3) is 0 Å². The van der Waals surface area contributed by atoms with E-state index in [1.54, 1.807) is 12.1 Å². The van der Waals surface area contributed by atoms with Gasteiger partial charge in [0.2, 0.25) is 0 Å². The van der Waals surface area contributed by atoms with Gasteiger partial charge in [-0.25, -0.2) is 4.79 Å². The summed E-state index contributed by atoms with van der Waals surface area (Å²) in [5, 5.41) is 8.84. The molecule has 0 aliphatic carbocycles. The lowest BCUT2D eigenvalue weighted by Crippen LogP contribution is -2.14. The van der Waals surface area contributed by atoms with E-state index >= 15 is 0 Å². The number of halogens is 1. The molecule has 0 amide bonds. The normalized spacial score (nSPS) is 10.8. The maximum atomic E-state index is 10.8. The summed E-state index contributed by atoms with van der Waals surface area (Å²) in [5.74, 6) is 1.08. The number of benzene rings is 1. The summed E-state index contributed by atoms with van der Waals surface area (Å²) in [6.07, 6.45) is 0. The summed E-state index contributed by atoms with van der Waals surface area (Å²) >= 11 is 5.25. The molecule has 0 fully saturated rings. The van der Waals surface area contributed by atoms with Crippen molar-refractivity contribution in [2.24, 2.45) is 0 Å². The minimum atomic E-state index is -0.891. The van der Waals surface area contributed by atoms with Gasteiger partial charge < -0.3 is 10.0 Å². The summed E-state index contributed by atoms with van der Waals surface area (Å²) < 4.78 is 0.870. The van der Waals surface area contributed by atoms with E-state index < -0.39 is 5.97 Å². The molecule has 0 atom stereocenters. The largest absolute Gasteiger partial charge is 0.478 e. The van der Waals surface area contributed by atoms with Crippen molar-refractivity contribution >= 4 is 33.7 Å². The first-order valence-corrected chi connectivity index (χ1v) is 7.19. The lowest BCUT2D eigenvalue weighted by molar-refractivity contribution is 0.0697. The molecule has 17 heavy (non-hydrogen) atoms. The van der Waals surface area contributed by atoms with Crippen LogP contribution in [-0.2, 0) is 5.75 Å². The summed E-state index contributed by atoms with van der Waals surface area (Å²) in [7, 11) is 4.11. The van der Waals surface area contributed by atoms with Crippen LogP contribution in [0.3, 0.4) is 0 Å². The fourth-order valence-electron chi connectivity index (χ4n) is 1.23. The Labute approximate surface area is 114 Å². The van der Waals surface area contributed by atoms with Gasteiger partial charge in [0.05, 0.1) is 5.56 Å². The number of carboxylic acids is 1. The zero-order valence-corrected chi connectivity index (χ0v) is 12.3. The van der Waals surface area contributed by atoms with Crippen LogP contribution in [0.25, 0.3) is 0 Å². The first-order chi connectivity index (χ1) is 8.00. The van der Waals surface area contributed by atoms with Crippen LogP contribution in [0.4, 0.5) is 0 Å². The average molecular weight is 318 g/mol. The smallest absolute Gasteiger partial charge is 0.335 e. The Bertz CT molecular complexity index is 396. The molecule has 0 heterocycles. The number of nitrogens with zero attached hydrogens (tertiary/aromatic N) is 1. The molecule has 5 heteroatoms. The number of hydrogen-bond donors (Lipinski definition) is 1. The molecule has 0 spiro atoms. The van der Waals surface area contributed by atoms with Gasteiger partial charge in [-0.1, -0.05) is 22.0 Å². The molecular weight excluding hydrogens is 302 g/mol. The molecule has 1 aromatic rings. The van der Waals surface area contributed by atoms with Crippen molar-refractivity contribution in [2.45, 2.75) is 5.75 Å². The first-order valence-electron chi connectivity index (χ1n) is 5.25. The molecule has 0 bridgehead atoms. The molecule has 0 aliphatic heterocycles. The maximum Gasteiger partial charge on any atom is 0.335 e. The Kier molecular flexibility index (Phi) is 6.02. The third kappa shape index (κ3) is 5.10. The summed E-state index contributed by atoms with van der Waals surface area (Å²) in [4.78, 5) is 12.9. The van der Waals surface area contributed by atoms with Crippen molar-refractivity contribution in [1.29, 1.82) is 0 Å². The van der Waals surface area contributed by atoms with Gasteiger partial charge >= 0.3 is 5.97 Å². The topological polar surface area (TPSA) is 40.5 Å². The second-order valence-electron chi connectivity index (χ2n) is 3.97. The van der Waals surface area contributed by atoms with Crippen LogP contribution in [-0.4, -0.2) is 42.4 Å². The highest BCUT2D eigenvalue weighted by Crippen LogP contribution is 2.23. The standard InChI is InChI=1S/C12H16BrNO2S/c1-14(2)5-6-17-8-10-4-3-9(12(15)16)7-11(10)13/h3-4,7H,5-6,8H2,1-2H3,(H,15,16). The van der Waals surface area contributed by atoms with Crippen molar-refractivity contribution < 1.29 is 9.90 Å². The highest BCUT2D eigenvalue weighted by atomic mass is 79.9. The Morgan fingerprint density at radius 1 is 1.47 bits per heavy atom. The Morgan fingerprint density at radius 2 is 2.18 bits per heavy atom. The third-order valence-electron chi connectivity index (χ3n) is 2.24. The minimum Gasteiger partial charge on any atom is -0.478 e. The zero-order valence-electron chi connectivity index (χ0n) is 9.94. The Hall–Kier alpha value is -0.520. The molecule has 3 nitrogen and oxygen atoms in total. The van der Waals surface area contributed by atoms with Gasteiger partial charge in [0.15, 0.2) is 0 Å². The average Bonchev–Trinajstić information content (AvgIpc) is 2.25. The molecule has 0 aliphatic rings. The van der Waals surface area contributed by atoms with Gasteiger partial charge in [-0.05, 0) is 31.8 Å². The van der Waals surface area contributed by atoms with Gasteiger partial charge in [-0.15, -0.1) is 0 Å². The van der Waals surface area contributed by atoms with Crippen molar-refractivity contribution in [3.63, 3.8) is 0 Å². The minimum absolute atomic E-state index is 0.318. The quantitative estimate of drug-likeness (QED) is 0.819. The molecular formula is C12H16BrNO2S. The lowest BCUT2D eigenvalue weighted by Gasteiger charge is -2.09. The van der Waals surface area contributed by atoms with E-state index in [4.69, 9.17) is 5.11 Å². The highest BCUT2D eigenvalue weighted by molar-refractivity contribution is 9.10. The second kappa shape index (κ2) is 7.03. The fourth-order valence-corrected chi connectivity index (χ4v) is 3.04. The van der Waals surface area contributed by atoms with Gasteiger partial charge in [0, 0.05) is 22.5 Å². The van der Waals surface area contributed by atoms with Crippen molar-refractivity contribution in [3.8, 4) is 0 Å². The molecule has 1 rings (SSSR count). The fraction of sp³-hybridized carbons (Fsp3) is 0.417. The molecule has 0 saturated carbocycles. The van der Waals surface area contributed by atoms with Crippen LogP contribution in [0.1, 0.15) is 15.9 Å². The summed E-state index contributed by atoms with van der Waals surface area (Å²) in [6, 6.07) is 5.18. The van der Waals surface area contributed by atoms with Crippen molar-refractivity contribution in [2.75, 3.05) is 26.4 Å². The monoisotopic (exact) mass is 317 g/mol. The van der Waals surface area contributed by atoms with Crippen LogP contribution in [0, 0.1) is 0 Å². The highest BCUT2D eigenvalue weighted by Gasteiger charge is 2.06. The maximum absolute atomic E-state index is 10.8. The number of carbonyl (C=O) groups is 1. The molecule has 0 saturated heterocycles.